The normalized spacial score (nSPS) is 12.4. The molecule has 142 valence electrons. The first-order valence-corrected chi connectivity index (χ1v) is 9.53. The molecular formula is C16H10Cl2F3N3O2S. The van der Waals surface area contributed by atoms with Crippen LogP contribution in [-0.4, -0.2) is 18.2 Å². The molecule has 2 aromatic carbocycles. The topological polar surface area (TPSA) is 78.0 Å². The van der Waals surface area contributed by atoms with E-state index in [1.54, 1.807) is 0 Å². The first-order chi connectivity index (χ1) is 12.5. The minimum atomic E-state index is -4.97. The average molecular weight is 436 g/mol. The van der Waals surface area contributed by atoms with E-state index in [1.165, 1.54) is 36.5 Å². The number of nitrogens with zero attached hydrogens (tertiary/aromatic N) is 2. The number of sulfonamides is 1. The van der Waals surface area contributed by atoms with Gasteiger partial charge >= 0.3 is 6.18 Å². The summed E-state index contributed by atoms with van der Waals surface area (Å²) in [7, 11) is -4.54. The summed E-state index contributed by atoms with van der Waals surface area (Å²) in [6, 6.07) is 8.06. The van der Waals surface area contributed by atoms with Crippen LogP contribution < -0.4 is 5.14 Å². The van der Waals surface area contributed by atoms with Crippen LogP contribution in [0.25, 0.3) is 16.8 Å². The van der Waals surface area contributed by atoms with Gasteiger partial charge in [0.15, 0.2) is 0 Å². The number of hydrogen-bond donors (Lipinski definition) is 1. The Kier molecular flexibility index (Phi) is 4.98. The van der Waals surface area contributed by atoms with Gasteiger partial charge in [0.1, 0.15) is 10.5 Å². The Morgan fingerprint density at radius 1 is 1.11 bits per heavy atom. The Labute approximate surface area is 162 Å². The van der Waals surface area contributed by atoms with E-state index < -0.39 is 37.4 Å². The van der Waals surface area contributed by atoms with Gasteiger partial charge in [-0.3, -0.25) is 0 Å². The van der Waals surface area contributed by atoms with E-state index in [0.717, 1.165) is 16.9 Å². The highest BCUT2D eigenvalue weighted by atomic mass is 35.5. The molecule has 0 fully saturated rings. The molecule has 0 radical (unpaired) electrons. The molecule has 0 saturated heterocycles. The first kappa shape index (κ1) is 19.7. The van der Waals surface area contributed by atoms with Crippen LogP contribution in [0.2, 0.25) is 10.0 Å². The molecular weight excluding hydrogens is 426 g/mol. The van der Waals surface area contributed by atoms with Gasteiger partial charge in [-0.1, -0.05) is 35.3 Å². The highest BCUT2D eigenvalue weighted by molar-refractivity contribution is 7.89. The van der Waals surface area contributed by atoms with Crippen LogP contribution >= 0.6 is 23.2 Å². The molecule has 3 aromatic rings. The Morgan fingerprint density at radius 3 is 2.22 bits per heavy atom. The van der Waals surface area contributed by atoms with Crippen molar-refractivity contribution < 1.29 is 21.6 Å². The standard InChI is InChI=1S/C16H10Cl2F3N3O2S/c17-10-4-2-9(3-5-10)11-8-12(27(22,25)26)15(24-7-1-6-23-24)13(14(11)18)16(19,20)21/h1-8H,(H2,22,25,26). The third kappa shape index (κ3) is 3.81. The second-order valence-electron chi connectivity index (χ2n) is 5.46. The maximum Gasteiger partial charge on any atom is 0.419 e. The summed E-state index contributed by atoms with van der Waals surface area (Å²) in [5.41, 5.74) is -2.03. The van der Waals surface area contributed by atoms with Crippen molar-refractivity contribution >= 4 is 33.2 Å². The van der Waals surface area contributed by atoms with Gasteiger partial charge in [-0.15, -0.1) is 0 Å². The number of hydrogen-bond acceptors (Lipinski definition) is 3. The zero-order valence-electron chi connectivity index (χ0n) is 13.2. The van der Waals surface area contributed by atoms with Crippen molar-refractivity contribution in [3.63, 3.8) is 0 Å². The molecule has 0 amide bonds. The molecule has 1 heterocycles. The van der Waals surface area contributed by atoms with E-state index in [0.29, 0.717) is 5.02 Å². The van der Waals surface area contributed by atoms with Crippen LogP contribution in [0, 0.1) is 0 Å². The maximum absolute atomic E-state index is 13.8. The molecule has 0 aliphatic rings. The van der Waals surface area contributed by atoms with Crippen molar-refractivity contribution in [1.82, 2.24) is 9.78 Å². The average Bonchev–Trinajstić information content (AvgIpc) is 3.07. The molecule has 0 spiro atoms. The number of primary sulfonamides is 1. The zero-order chi connectivity index (χ0) is 20.0. The van der Waals surface area contributed by atoms with E-state index in [1.807, 2.05) is 0 Å². The van der Waals surface area contributed by atoms with E-state index in [2.05, 4.69) is 5.10 Å². The summed E-state index contributed by atoms with van der Waals surface area (Å²) < 4.78 is 66.5. The van der Waals surface area contributed by atoms with Crippen LogP contribution in [0.4, 0.5) is 13.2 Å². The van der Waals surface area contributed by atoms with Gasteiger partial charge in [0.2, 0.25) is 10.0 Å². The van der Waals surface area contributed by atoms with Crippen LogP contribution in [0.15, 0.2) is 53.7 Å². The lowest BCUT2D eigenvalue weighted by atomic mass is 10.0. The van der Waals surface area contributed by atoms with Crippen molar-refractivity contribution in [3.8, 4) is 16.8 Å². The SMILES string of the molecule is NS(=O)(=O)c1cc(-c2ccc(Cl)cc2)c(Cl)c(C(F)(F)F)c1-n1cccn1. The van der Waals surface area contributed by atoms with E-state index in [-0.39, 0.29) is 11.1 Å². The Balaban J connectivity index is 2.49. The van der Waals surface area contributed by atoms with Crippen molar-refractivity contribution in [2.24, 2.45) is 5.14 Å². The second kappa shape index (κ2) is 6.83. The van der Waals surface area contributed by atoms with Gasteiger partial charge in [-0.2, -0.15) is 18.3 Å². The van der Waals surface area contributed by atoms with Gasteiger partial charge in [0.25, 0.3) is 0 Å². The second-order valence-corrected chi connectivity index (χ2v) is 7.80. The fourth-order valence-corrected chi connectivity index (χ4v) is 3.80. The fraction of sp³-hybridized carbons (Fsp3) is 0.0625. The van der Waals surface area contributed by atoms with Crippen LogP contribution in [0.3, 0.4) is 0 Å². The quantitative estimate of drug-likeness (QED) is 0.656. The number of halogens is 5. The van der Waals surface area contributed by atoms with E-state index in [4.69, 9.17) is 28.3 Å². The van der Waals surface area contributed by atoms with Gasteiger partial charge < -0.3 is 0 Å². The largest absolute Gasteiger partial charge is 0.419 e. The zero-order valence-corrected chi connectivity index (χ0v) is 15.5. The first-order valence-electron chi connectivity index (χ1n) is 7.22. The number of benzene rings is 2. The third-order valence-electron chi connectivity index (χ3n) is 3.68. The lowest BCUT2D eigenvalue weighted by Gasteiger charge is -2.20. The molecule has 1 aromatic heterocycles. The summed E-state index contributed by atoms with van der Waals surface area (Å²) in [6.07, 6.45) is -2.61. The molecule has 11 heteroatoms. The molecule has 0 aliphatic heterocycles. The van der Waals surface area contributed by atoms with Gasteiger partial charge in [0.05, 0.1) is 10.7 Å². The van der Waals surface area contributed by atoms with Crippen molar-refractivity contribution in [1.29, 1.82) is 0 Å². The third-order valence-corrected chi connectivity index (χ3v) is 5.25. The molecule has 27 heavy (non-hydrogen) atoms. The minimum Gasteiger partial charge on any atom is -0.239 e. The Bertz CT molecular complexity index is 1100. The molecule has 0 atom stereocenters. The molecule has 0 unspecified atom stereocenters. The van der Waals surface area contributed by atoms with Crippen molar-refractivity contribution in [2.75, 3.05) is 0 Å². The van der Waals surface area contributed by atoms with Crippen molar-refractivity contribution in [2.45, 2.75) is 11.1 Å². The highest BCUT2D eigenvalue weighted by Gasteiger charge is 2.41. The van der Waals surface area contributed by atoms with Gasteiger partial charge in [0, 0.05) is 23.0 Å². The fourth-order valence-electron chi connectivity index (χ4n) is 2.57. The summed E-state index contributed by atoms with van der Waals surface area (Å²) >= 11 is 11.9. The maximum atomic E-state index is 13.8. The predicted molar refractivity (Wildman–Crippen MR) is 95.4 cm³/mol. The lowest BCUT2D eigenvalue weighted by molar-refractivity contribution is -0.137. The van der Waals surface area contributed by atoms with Crippen LogP contribution in [-0.2, 0) is 16.2 Å². The summed E-state index contributed by atoms with van der Waals surface area (Å²) in [5, 5.41) is 8.58. The van der Waals surface area contributed by atoms with Gasteiger partial charge in [-0.05, 0) is 29.8 Å². The summed E-state index contributed by atoms with van der Waals surface area (Å²) in [6.45, 7) is 0. The molecule has 5 nitrogen and oxygen atoms in total. The number of nitrogens with two attached hydrogens (primary N) is 1. The van der Waals surface area contributed by atoms with Crippen LogP contribution in [0.1, 0.15) is 5.56 Å². The Hall–Kier alpha value is -2.07. The number of alkyl halides is 3. The lowest BCUT2D eigenvalue weighted by Crippen LogP contribution is -2.21. The van der Waals surface area contributed by atoms with Gasteiger partial charge in [-0.25, -0.2) is 18.2 Å². The van der Waals surface area contributed by atoms with Crippen molar-refractivity contribution in [3.05, 3.63) is 64.4 Å². The molecule has 0 bridgehead atoms. The smallest absolute Gasteiger partial charge is 0.239 e. The summed E-state index contributed by atoms with van der Waals surface area (Å²) in [5.74, 6) is 0. The molecule has 2 N–H and O–H groups in total. The Morgan fingerprint density at radius 2 is 1.74 bits per heavy atom. The summed E-state index contributed by atoms with van der Waals surface area (Å²) in [4.78, 5) is -0.757. The predicted octanol–water partition coefficient (Wildman–Crippen LogP) is 4.51. The van der Waals surface area contributed by atoms with E-state index in [9.17, 15) is 21.6 Å². The molecule has 0 saturated carbocycles. The molecule has 3 rings (SSSR count). The molecule has 0 aliphatic carbocycles. The monoisotopic (exact) mass is 435 g/mol. The highest BCUT2D eigenvalue weighted by Crippen LogP contribution is 2.45. The number of rotatable bonds is 3. The van der Waals surface area contributed by atoms with Crippen LogP contribution in [0.5, 0.6) is 0 Å². The van der Waals surface area contributed by atoms with E-state index >= 15 is 0 Å². The minimum absolute atomic E-state index is 0.152. The number of aromatic nitrogens is 2.